The van der Waals surface area contributed by atoms with Crippen LogP contribution in [0.5, 0.6) is 0 Å². The second-order valence-electron chi connectivity index (χ2n) is 3.70. The minimum absolute atomic E-state index is 0.215. The Kier molecular flexibility index (Phi) is 4.23. The van der Waals surface area contributed by atoms with Crippen molar-refractivity contribution in [3.63, 3.8) is 0 Å². The molecule has 0 aliphatic heterocycles. The van der Waals surface area contributed by atoms with Gasteiger partial charge in [-0.1, -0.05) is 11.6 Å². The van der Waals surface area contributed by atoms with Crippen molar-refractivity contribution < 1.29 is 4.79 Å². The number of nitrogens with zero attached hydrogens (tertiary/aromatic N) is 1. The van der Waals surface area contributed by atoms with E-state index < -0.39 is 0 Å². The maximum absolute atomic E-state index is 11.9. The summed E-state index contributed by atoms with van der Waals surface area (Å²) >= 11 is 10.2. The summed E-state index contributed by atoms with van der Waals surface area (Å²) in [6.45, 7) is 0.439. The number of nitrogens with one attached hydrogen (secondary N) is 1. The lowest BCUT2D eigenvalue weighted by Crippen LogP contribution is -2.23. The second kappa shape index (κ2) is 5.89. The van der Waals surface area contributed by atoms with E-state index >= 15 is 0 Å². The minimum atomic E-state index is -0.215. The van der Waals surface area contributed by atoms with Gasteiger partial charge in [-0.15, -0.1) is 12.6 Å². The minimum Gasteiger partial charge on any atom is -0.348 e. The van der Waals surface area contributed by atoms with E-state index in [2.05, 4.69) is 22.9 Å². The topological polar surface area (TPSA) is 42.0 Å². The summed E-state index contributed by atoms with van der Waals surface area (Å²) < 4.78 is 0. The molecule has 0 atom stereocenters. The highest BCUT2D eigenvalue weighted by atomic mass is 35.5. The zero-order valence-electron chi connectivity index (χ0n) is 9.43. The lowest BCUT2D eigenvalue weighted by molar-refractivity contribution is 0.0951. The summed E-state index contributed by atoms with van der Waals surface area (Å²) in [7, 11) is 0. The standard InChI is InChI=1S/C13H11ClN2OS/c14-12-2-1-10(18)7-11(12)13(17)16-8-9-3-5-15-6-4-9/h1-7,18H,8H2,(H,16,17). The molecule has 2 aromatic rings. The molecule has 0 aliphatic rings. The van der Waals surface area contributed by atoms with Gasteiger partial charge in [0.25, 0.3) is 5.91 Å². The van der Waals surface area contributed by atoms with Crippen LogP contribution in [-0.2, 0) is 6.54 Å². The number of amides is 1. The van der Waals surface area contributed by atoms with E-state index in [1.54, 1.807) is 30.6 Å². The number of thiol groups is 1. The number of aromatic nitrogens is 1. The van der Waals surface area contributed by atoms with Gasteiger partial charge in [-0.05, 0) is 35.9 Å². The van der Waals surface area contributed by atoms with Crippen molar-refractivity contribution in [2.45, 2.75) is 11.4 Å². The number of pyridine rings is 1. The van der Waals surface area contributed by atoms with E-state index in [4.69, 9.17) is 11.6 Å². The van der Waals surface area contributed by atoms with Gasteiger partial charge in [0.2, 0.25) is 0 Å². The van der Waals surface area contributed by atoms with Gasteiger partial charge in [0.15, 0.2) is 0 Å². The van der Waals surface area contributed by atoms with Crippen molar-refractivity contribution >= 4 is 30.1 Å². The summed E-state index contributed by atoms with van der Waals surface area (Å²) in [5, 5.41) is 3.21. The molecule has 0 fully saturated rings. The van der Waals surface area contributed by atoms with Gasteiger partial charge < -0.3 is 5.32 Å². The fraction of sp³-hybridized carbons (Fsp3) is 0.0769. The van der Waals surface area contributed by atoms with Gasteiger partial charge in [0.05, 0.1) is 10.6 Å². The Labute approximate surface area is 116 Å². The van der Waals surface area contributed by atoms with Gasteiger partial charge in [-0.3, -0.25) is 9.78 Å². The highest BCUT2D eigenvalue weighted by molar-refractivity contribution is 7.80. The van der Waals surface area contributed by atoms with E-state index in [0.29, 0.717) is 22.0 Å². The van der Waals surface area contributed by atoms with Crippen LogP contribution in [0, 0.1) is 0 Å². The lowest BCUT2D eigenvalue weighted by atomic mass is 10.2. The smallest absolute Gasteiger partial charge is 0.253 e. The quantitative estimate of drug-likeness (QED) is 0.848. The fourth-order valence-electron chi connectivity index (χ4n) is 1.47. The van der Waals surface area contributed by atoms with Gasteiger partial charge in [0, 0.05) is 23.8 Å². The van der Waals surface area contributed by atoms with E-state index in [1.165, 1.54) is 0 Å². The molecule has 0 radical (unpaired) electrons. The van der Waals surface area contributed by atoms with E-state index in [1.807, 2.05) is 12.1 Å². The molecule has 0 spiro atoms. The van der Waals surface area contributed by atoms with E-state index in [0.717, 1.165) is 5.56 Å². The molecule has 2 rings (SSSR count). The van der Waals surface area contributed by atoms with E-state index in [-0.39, 0.29) is 5.91 Å². The third-order valence-corrected chi connectivity index (χ3v) is 3.00. The fourth-order valence-corrected chi connectivity index (χ4v) is 1.87. The van der Waals surface area contributed by atoms with Crippen molar-refractivity contribution in [1.82, 2.24) is 10.3 Å². The summed E-state index contributed by atoms with van der Waals surface area (Å²) in [5.41, 5.74) is 1.41. The number of halogens is 1. The molecule has 0 aliphatic carbocycles. The van der Waals surface area contributed by atoms with Gasteiger partial charge in [-0.25, -0.2) is 0 Å². The third kappa shape index (κ3) is 3.24. The van der Waals surface area contributed by atoms with Crippen molar-refractivity contribution in [2.24, 2.45) is 0 Å². The van der Waals surface area contributed by atoms with Crippen LogP contribution in [0.2, 0.25) is 5.02 Å². The summed E-state index contributed by atoms with van der Waals surface area (Å²) in [4.78, 5) is 16.6. The molecule has 5 heteroatoms. The molecule has 1 amide bonds. The average molecular weight is 279 g/mol. The lowest BCUT2D eigenvalue weighted by Gasteiger charge is -2.07. The molecule has 0 saturated carbocycles. The molecular formula is C13H11ClN2OS. The Bertz CT molecular complexity index is 560. The van der Waals surface area contributed by atoms with Gasteiger partial charge in [0.1, 0.15) is 0 Å². The zero-order chi connectivity index (χ0) is 13.0. The molecule has 1 aromatic carbocycles. The van der Waals surface area contributed by atoms with Crippen LogP contribution in [0.3, 0.4) is 0 Å². The van der Waals surface area contributed by atoms with Crippen molar-refractivity contribution in [1.29, 1.82) is 0 Å². The first-order valence-electron chi connectivity index (χ1n) is 5.32. The summed E-state index contributed by atoms with van der Waals surface area (Å²) in [6, 6.07) is 8.73. The SMILES string of the molecule is O=C(NCc1ccncc1)c1cc(S)ccc1Cl. The predicted molar refractivity (Wildman–Crippen MR) is 74.1 cm³/mol. The number of carbonyl (C=O) groups excluding carboxylic acids is 1. The molecule has 3 nitrogen and oxygen atoms in total. The Morgan fingerprint density at radius 3 is 2.72 bits per heavy atom. The van der Waals surface area contributed by atoms with Crippen LogP contribution < -0.4 is 5.32 Å². The first-order valence-corrected chi connectivity index (χ1v) is 6.15. The molecule has 0 saturated heterocycles. The number of hydrogen-bond donors (Lipinski definition) is 2. The van der Waals surface area contributed by atoms with E-state index in [9.17, 15) is 4.79 Å². The van der Waals surface area contributed by atoms with Crippen molar-refractivity contribution in [2.75, 3.05) is 0 Å². The molecule has 92 valence electrons. The van der Waals surface area contributed by atoms with Crippen LogP contribution in [0.1, 0.15) is 15.9 Å². The Morgan fingerprint density at radius 1 is 1.28 bits per heavy atom. The first kappa shape index (κ1) is 12.9. The molecule has 18 heavy (non-hydrogen) atoms. The molecule has 1 aromatic heterocycles. The molecule has 0 unspecified atom stereocenters. The predicted octanol–water partition coefficient (Wildman–Crippen LogP) is 2.95. The second-order valence-corrected chi connectivity index (χ2v) is 4.63. The van der Waals surface area contributed by atoms with Crippen molar-refractivity contribution in [3.05, 3.63) is 58.9 Å². The third-order valence-electron chi connectivity index (χ3n) is 2.40. The van der Waals surface area contributed by atoms with Crippen LogP contribution in [0.4, 0.5) is 0 Å². The van der Waals surface area contributed by atoms with Crippen LogP contribution in [-0.4, -0.2) is 10.9 Å². The monoisotopic (exact) mass is 278 g/mol. The Morgan fingerprint density at radius 2 is 2.00 bits per heavy atom. The molecule has 1 heterocycles. The Balaban J connectivity index is 2.06. The number of benzene rings is 1. The average Bonchev–Trinajstić information content (AvgIpc) is 2.40. The highest BCUT2D eigenvalue weighted by Crippen LogP contribution is 2.19. The normalized spacial score (nSPS) is 10.1. The highest BCUT2D eigenvalue weighted by Gasteiger charge is 2.10. The molecular weight excluding hydrogens is 268 g/mol. The maximum Gasteiger partial charge on any atom is 0.253 e. The van der Waals surface area contributed by atoms with Crippen LogP contribution >= 0.6 is 24.2 Å². The summed E-state index contributed by atoms with van der Waals surface area (Å²) in [5.74, 6) is -0.215. The Hall–Kier alpha value is -1.52. The van der Waals surface area contributed by atoms with Gasteiger partial charge in [-0.2, -0.15) is 0 Å². The van der Waals surface area contributed by atoms with Crippen molar-refractivity contribution in [3.8, 4) is 0 Å². The van der Waals surface area contributed by atoms with Crippen LogP contribution in [0.25, 0.3) is 0 Å². The van der Waals surface area contributed by atoms with Crippen LogP contribution in [0.15, 0.2) is 47.6 Å². The number of carbonyl (C=O) groups is 1. The molecule has 1 N–H and O–H groups in total. The maximum atomic E-state index is 11.9. The van der Waals surface area contributed by atoms with Gasteiger partial charge >= 0.3 is 0 Å². The largest absolute Gasteiger partial charge is 0.348 e. The number of hydrogen-bond acceptors (Lipinski definition) is 3. The first-order chi connectivity index (χ1) is 8.66. The zero-order valence-corrected chi connectivity index (χ0v) is 11.1. The summed E-state index contributed by atoms with van der Waals surface area (Å²) in [6.07, 6.45) is 3.37. The molecule has 0 bridgehead atoms. The number of rotatable bonds is 3.